The van der Waals surface area contributed by atoms with Crippen molar-refractivity contribution >= 4 is 27.4 Å². The van der Waals surface area contributed by atoms with Gasteiger partial charge >= 0.3 is 0 Å². The molecule has 0 radical (unpaired) electrons. The van der Waals surface area contributed by atoms with Crippen molar-refractivity contribution in [1.29, 1.82) is 0 Å². The number of rotatable bonds is 3. The molecule has 3 rings (SSSR count). The van der Waals surface area contributed by atoms with Crippen LogP contribution in [-0.4, -0.2) is 10.9 Å². The quantitative estimate of drug-likeness (QED) is 0.908. The number of thiazole rings is 1. The fraction of sp³-hybridized carbons (Fsp3) is 0.333. The standard InChI is InChI=1S/C15H17N3OS/c1-9-5-7-10(8-6-9)12-13(16)20-15(17-12)18-14(19)11-3-2-4-11/h5-8,11H,2-4,16H2,1H3,(H,17,18,19). The summed E-state index contributed by atoms with van der Waals surface area (Å²) in [6, 6.07) is 8.05. The van der Waals surface area contributed by atoms with Crippen LogP contribution >= 0.6 is 11.3 Å². The van der Waals surface area contributed by atoms with E-state index in [2.05, 4.69) is 10.3 Å². The Kier molecular flexibility index (Phi) is 3.44. The van der Waals surface area contributed by atoms with Gasteiger partial charge in [0.2, 0.25) is 5.91 Å². The molecule has 0 saturated heterocycles. The maximum atomic E-state index is 11.9. The maximum Gasteiger partial charge on any atom is 0.229 e. The first-order valence-electron chi connectivity index (χ1n) is 6.77. The number of benzene rings is 1. The number of aryl methyl sites for hydroxylation is 1. The largest absolute Gasteiger partial charge is 0.389 e. The van der Waals surface area contributed by atoms with Crippen molar-refractivity contribution in [2.24, 2.45) is 5.92 Å². The Morgan fingerprint density at radius 1 is 1.35 bits per heavy atom. The molecule has 1 saturated carbocycles. The van der Waals surface area contributed by atoms with Gasteiger partial charge in [-0.2, -0.15) is 0 Å². The molecule has 3 N–H and O–H groups in total. The van der Waals surface area contributed by atoms with Crippen molar-refractivity contribution in [1.82, 2.24) is 4.98 Å². The summed E-state index contributed by atoms with van der Waals surface area (Å²) < 4.78 is 0. The zero-order valence-electron chi connectivity index (χ0n) is 11.3. The number of carbonyl (C=O) groups excluding carboxylic acids is 1. The van der Waals surface area contributed by atoms with Gasteiger partial charge in [0.25, 0.3) is 0 Å². The van der Waals surface area contributed by atoms with Crippen molar-refractivity contribution in [3.63, 3.8) is 0 Å². The minimum Gasteiger partial charge on any atom is -0.389 e. The van der Waals surface area contributed by atoms with Crippen molar-refractivity contribution in [2.75, 3.05) is 11.1 Å². The fourth-order valence-electron chi connectivity index (χ4n) is 2.18. The van der Waals surface area contributed by atoms with Crippen molar-refractivity contribution in [2.45, 2.75) is 26.2 Å². The van der Waals surface area contributed by atoms with Crippen LogP contribution in [0.15, 0.2) is 24.3 Å². The molecule has 0 bridgehead atoms. The number of aromatic nitrogens is 1. The monoisotopic (exact) mass is 287 g/mol. The van der Waals surface area contributed by atoms with E-state index in [1.165, 1.54) is 16.9 Å². The van der Waals surface area contributed by atoms with Gasteiger partial charge in [0.05, 0.1) is 0 Å². The molecule has 4 nitrogen and oxygen atoms in total. The first kappa shape index (κ1) is 13.1. The highest BCUT2D eigenvalue weighted by molar-refractivity contribution is 7.20. The number of anilines is 2. The highest BCUT2D eigenvalue weighted by atomic mass is 32.1. The number of nitrogens with two attached hydrogens (primary N) is 1. The number of amides is 1. The summed E-state index contributed by atoms with van der Waals surface area (Å²) in [5.41, 5.74) is 8.94. The van der Waals surface area contributed by atoms with Crippen LogP contribution < -0.4 is 11.1 Å². The third-order valence-electron chi connectivity index (χ3n) is 3.68. The van der Waals surface area contributed by atoms with E-state index in [-0.39, 0.29) is 11.8 Å². The van der Waals surface area contributed by atoms with Crippen LogP contribution in [0.2, 0.25) is 0 Å². The lowest BCUT2D eigenvalue weighted by Crippen LogP contribution is -2.27. The summed E-state index contributed by atoms with van der Waals surface area (Å²) in [7, 11) is 0. The van der Waals surface area contributed by atoms with Crippen LogP contribution in [0.5, 0.6) is 0 Å². The van der Waals surface area contributed by atoms with Gasteiger partial charge in [-0.3, -0.25) is 4.79 Å². The summed E-state index contributed by atoms with van der Waals surface area (Å²) in [4.78, 5) is 16.4. The molecule has 1 aromatic heterocycles. The molecule has 1 fully saturated rings. The van der Waals surface area contributed by atoms with E-state index in [1.807, 2.05) is 31.2 Å². The Morgan fingerprint density at radius 3 is 2.65 bits per heavy atom. The second kappa shape index (κ2) is 5.25. The highest BCUT2D eigenvalue weighted by Gasteiger charge is 2.26. The predicted octanol–water partition coefficient (Wildman–Crippen LogP) is 3.44. The van der Waals surface area contributed by atoms with E-state index >= 15 is 0 Å². The van der Waals surface area contributed by atoms with Crippen LogP contribution in [-0.2, 0) is 4.79 Å². The third kappa shape index (κ3) is 2.54. The van der Waals surface area contributed by atoms with Gasteiger partial charge in [-0.15, -0.1) is 0 Å². The predicted molar refractivity (Wildman–Crippen MR) is 82.7 cm³/mol. The van der Waals surface area contributed by atoms with Crippen molar-refractivity contribution in [3.05, 3.63) is 29.8 Å². The maximum absolute atomic E-state index is 11.9. The van der Waals surface area contributed by atoms with Gasteiger partial charge < -0.3 is 11.1 Å². The Labute approximate surface area is 122 Å². The summed E-state index contributed by atoms with van der Waals surface area (Å²) >= 11 is 1.33. The van der Waals surface area contributed by atoms with Gasteiger partial charge in [0.15, 0.2) is 5.13 Å². The van der Waals surface area contributed by atoms with E-state index in [0.29, 0.717) is 10.1 Å². The summed E-state index contributed by atoms with van der Waals surface area (Å²) in [6.07, 6.45) is 3.11. The zero-order chi connectivity index (χ0) is 14.1. The summed E-state index contributed by atoms with van der Waals surface area (Å²) in [5.74, 6) is 0.225. The Bertz CT molecular complexity index is 629. The van der Waals surface area contributed by atoms with Crippen molar-refractivity contribution in [3.8, 4) is 11.3 Å². The smallest absolute Gasteiger partial charge is 0.229 e. The lowest BCUT2D eigenvalue weighted by Gasteiger charge is -2.23. The second-order valence-electron chi connectivity index (χ2n) is 5.21. The van der Waals surface area contributed by atoms with Crippen molar-refractivity contribution < 1.29 is 4.79 Å². The molecule has 1 aliphatic rings. The fourth-order valence-corrected chi connectivity index (χ4v) is 2.94. The number of carbonyl (C=O) groups is 1. The molecule has 5 heteroatoms. The summed E-state index contributed by atoms with van der Waals surface area (Å²) in [6.45, 7) is 2.04. The molecular weight excluding hydrogens is 270 g/mol. The highest BCUT2D eigenvalue weighted by Crippen LogP contribution is 2.34. The zero-order valence-corrected chi connectivity index (χ0v) is 12.2. The molecule has 1 aliphatic carbocycles. The average Bonchev–Trinajstić information content (AvgIpc) is 2.69. The van der Waals surface area contributed by atoms with Gasteiger partial charge in [-0.05, 0) is 19.8 Å². The van der Waals surface area contributed by atoms with Gasteiger partial charge in [0.1, 0.15) is 10.7 Å². The second-order valence-corrected chi connectivity index (χ2v) is 6.25. The molecule has 0 atom stereocenters. The van der Waals surface area contributed by atoms with E-state index in [0.717, 1.165) is 30.5 Å². The van der Waals surface area contributed by atoms with Gasteiger partial charge in [-0.1, -0.05) is 47.6 Å². The van der Waals surface area contributed by atoms with Crippen LogP contribution in [0.4, 0.5) is 10.1 Å². The van der Waals surface area contributed by atoms with E-state index in [4.69, 9.17) is 5.73 Å². The Hall–Kier alpha value is -1.88. The molecule has 0 spiro atoms. The number of nitrogens with zero attached hydrogens (tertiary/aromatic N) is 1. The van der Waals surface area contributed by atoms with Crippen LogP contribution in [0.3, 0.4) is 0 Å². The lowest BCUT2D eigenvalue weighted by molar-refractivity contribution is -0.122. The molecule has 1 amide bonds. The van der Waals surface area contributed by atoms with Crippen LogP contribution in [0.1, 0.15) is 24.8 Å². The number of hydrogen-bond acceptors (Lipinski definition) is 4. The minimum atomic E-state index is 0.0699. The number of nitrogen functional groups attached to an aromatic ring is 1. The Balaban J connectivity index is 1.79. The first-order valence-corrected chi connectivity index (χ1v) is 7.59. The topological polar surface area (TPSA) is 68.0 Å². The molecule has 20 heavy (non-hydrogen) atoms. The first-order chi connectivity index (χ1) is 9.63. The molecule has 0 unspecified atom stereocenters. The molecule has 1 heterocycles. The molecular formula is C15H17N3OS. The third-order valence-corrected chi connectivity index (χ3v) is 4.48. The van der Waals surface area contributed by atoms with Crippen LogP contribution in [0.25, 0.3) is 11.3 Å². The molecule has 2 aromatic rings. The van der Waals surface area contributed by atoms with Crippen LogP contribution in [0, 0.1) is 12.8 Å². The molecule has 1 aromatic carbocycles. The van der Waals surface area contributed by atoms with Gasteiger partial charge in [-0.25, -0.2) is 4.98 Å². The van der Waals surface area contributed by atoms with E-state index in [9.17, 15) is 4.79 Å². The Morgan fingerprint density at radius 2 is 2.05 bits per heavy atom. The molecule has 104 valence electrons. The van der Waals surface area contributed by atoms with E-state index in [1.54, 1.807) is 0 Å². The van der Waals surface area contributed by atoms with Gasteiger partial charge in [0, 0.05) is 11.5 Å². The minimum absolute atomic E-state index is 0.0699. The number of hydrogen-bond donors (Lipinski definition) is 2. The van der Waals surface area contributed by atoms with E-state index < -0.39 is 0 Å². The molecule has 0 aliphatic heterocycles. The lowest BCUT2D eigenvalue weighted by atomic mass is 9.85. The normalized spacial score (nSPS) is 14.8. The SMILES string of the molecule is Cc1ccc(-c2nc(NC(=O)C3CCC3)sc2N)cc1. The number of nitrogens with one attached hydrogen (secondary N) is 1. The average molecular weight is 287 g/mol. The summed E-state index contributed by atoms with van der Waals surface area (Å²) in [5, 5.41) is 4.10.